The normalized spacial score (nSPS) is 11.3. The molecule has 0 bridgehead atoms. The third-order valence-corrected chi connectivity index (χ3v) is 5.21. The molecule has 0 saturated carbocycles. The molecule has 0 aliphatic heterocycles. The molecule has 0 spiro atoms. The fraction of sp³-hybridized carbons (Fsp3) is 0.455. The number of hydrogen-bond acceptors (Lipinski definition) is 7. The van der Waals surface area contributed by atoms with Crippen molar-refractivity contribution in [3.8, 4) is 17.2 Å². The number of methoxy groups -OCH3 is 3. The van der Waals surface area contributed by atoms with E-state index in [1.807, 2.05) is 32.0 Å². The van der Waals surface area contributed by atoms with E-state index in [-0.39, 0.29) is 6.29 Å². The minimum absolute atomic E-state index is 0.377. The van der Waals surface area contributed by atoms with Crippen molar-refractivity contribution < 1.29 is 18.9 Å². The third kappa shape index (κ3) is 3.93. The van der Waals surface area contributed by atoms with Gasteiger partial charge >= 0.3 is 0 Å². The van der Waals surface area contributed by atoms with Gasteiger partial charge in [0.25, 0.3) is 0 Å². The quantitative estimate of drug-likeness (QED) is 0.534. The number of ether oxygens (including phenoxy) is 4. The van der Waals surface area contributed by atoms with Crippen LogP contribution in [0, 0.1) is 20.8 Å². The molecule has 3 rings (SSSR count). The van der Waals surface area contributed by atoms with Gasteiger partial charge in [0.15, 0.2) is 12.1 Å². The average Bonchev–Trinajstić information content (AvgIpc) is 3.02. The number of benzene rings is 1. The summed E-state index contributed by atoms with van der Waals surface area (Å²) < 4.78 is 24.0. The Hall–Kier alpha value is -2.84. The average molecular weight is 415 g/mol. The molecular weight excluding hydrogens is 384 g/mol. The fourth-order valence-corrected chi connectivity index (χ4v) is 3.82. The zero-order valence-corrected chi connectivity index (χ0v) is 18.7. The van der Waals surface area contributed by atoms with Gasteiger partial charge in [-0.3, -0.25) is 0 Å². The Labute approximate surface area is 177 Å². The van der Waals surface area contributed by atoms with E-state index < -0.39 is 0 Å². The van der Waals surface area contributed by atoms with Crippen LogP contribution in [0.3, 0.4) is 0 Å². The summed E-state index contributed by atoms with van der Waals surface area (Å²) in [7, 11) is 4.88. The summed E-state index contributed by atoms with van der Waals surface area (Å²) in [6.07, 6.45) is -0.377. The maximum Gasteiger partial charge on any atom is 0.173 e. The van der Waals surface area contributed by atoms with Crippen molar-refractivity contribution in [1.82, 2.24) is 14.8 Å². The minimum atomic E-state index is -0.377. The highest BCUT2D eigenvalue weighted by atomic mass is 16.7. The van der Waals surface area contributed by atoms with Gasteiger partial charge in [0.05, 0.1) is 31.6 Å². The second-order valence-corrected chi connectivity index (χ2v) is 6.94. The fourth-order valence-electron chi connectivity index (χ4n) is 3.82. The Kier molecular flexibility index (Phi) is 6.79. The third-order valence-electron chi connectivity index (χ3n) is 5.21. The van der Waals surface area contributed by atoms with E-state index in [0.717, 1.165) is 45.0 Å². The van der Waals surface area contributed by atoms with E-state index in [4.69, 9.17) is 18.9 Å². The Morgan fingerprint density at radius 3 is 2.33 bits per heavy atom. The van der Waals surface area contributed by atoms with Gasteiger partial charge in [-0.25, -0.2) is 0 Å². The predicted octanol–water partition coefficient (Wildman–Crippen LogP) is 3.78. The van der Waals surface area contributed by atoms with Crippen LogP contribution in [0.15, 0.2) is 18.2 Å². The van der Waals surface area contributed by atoms with E-state index in [1.165, 1.54) is 0 Å². The number of nitrogens with one attached hydrogen (secondary N) is 1. The summed E-state index contributed by atoms with van der Waals surface area (Å²) in [5, 5.41) is 14.2. The first-order chi connectivity index (χ1) is 14.5. The Morgan fingerprint density at radius 2 is 1.70 bits per heavy atom. The highest BCUT2D eigenvalue weighted by Gasteiger charge is 2.21. The number of fused-ring (bicyclic) bond motifs is 1. The van der Waals surface area contributed by atoms with Gasteiger partial charge in [-0.15, -0.1) is 5.10 Å². The smallest absolute Gasteiger partial charge is 0.173 e. The van der Waals surface area contributed by atoms with Crippen molar-refractivity contribution in [3.05, 3.63) is 35.3 Å². The lowest BCUT2D eigenvalue weighted by Gasteiger charge is -2.16. The van der Waals surface area contributed by atoms with Crippen LogP contribution in [0.5, 0.6) is 11.5 Å². The number of hydrogen-bond donors (Lipinski definition) is 1. The summed E-state index contributed by atoms with van der Waals surface area (Å²) in [5.41, 5.74) is 3.91. The number of rotatable bonds is 9. The molecule has 2 aromatic heterocycles. The summed E-state index contributed by atoms with van der Waals surface area (Å²) >= 11 is 0. The maximum atomic E-state index is 5.68. The van der Waals surface area contributed by atoms with Gasteiger partial charge in [0.1, 0.15) is 11.5 Å². The largest absolute Gasteiger partial charge is 0.494 e. The topological polar surface area (TPSA) is 79.7 Å². The molecular formula is C22H30N4O4. The van der Waals surface area contributed by atoms with Crippen molar-refractivity contribution >= 4 is 16.6 Å². The van der Waals surface area contributed by atoms with Gasteiger partial charge < -0.3 is 28.8 Å². The van der Waals surface area contributed by atoms with Crippen molar-refractivity contribution in [3.63, 3.8) is 0 Å². The van der Waals surface area contributed by atoms with E-state index in [1.54, 1.807) is 21.3 Å². The van der Waals surface area contributed by atoms with Crippen molar-refractivity contribution in [2.45, 2.75) is 34.0 Å². The molecule has 0 fully saturated rings. The minimum Gasteiger partial charge on any atom is -0.494 e. The van der Waals surface area contributed by atoms with E-state index in [2.05, 4.69) is 33.9 Å². The molecule has 0 amide bonds. The second kappa shape index (κ2) is 9.32. The van der Waals surface area contributed by atoms with Crippen LogP contribution in [0.1, 0.15) is 24.0 Å². The molecule has 0 unspecified atom stereocenters. The van der Waals surface area contributed by atoms with Crippen molar-refractivity contribution in [2.75, 3.05) is 39.8 Å². The van der Waals surface area contributed by atoms with Gasteiger partial charge in [-0.05, 0) is 39.8 Å². The first kappa shape index (κ1) is 21.9. The zero-order chi connectivity index (χ0) is 21.8. The van der Waals surface area contributed by atoms with Gasteiger partial charge in [0.2, 0.25) is 0 Å². The molecule has 8 heteroatoms. The summed E-state index contributed by atoms with van der Waals surface area (Å²) in [4.78, 5) is 0. The number of nitrogens with zero attached hydrogens (tertiary/aromatic N) is 3. The van der Waals surface area contributed by atoms with Gasteiger partial charge in [0, 0.05) is 42.4 Å². The lowest BCUT2D eigenvalue weighted by molar-refractivity contribution is -0.0914. The Morgan fingerprint density at radius 1 is 1.00 bits per heavy atom. The van der Waals surface area contributed by atoms with Crippen LogP contribution >= 0.6 is 0 Å². The molecule has 3 aromatic rings. The van der Waals surface area contributed by atoms with Crippen molar-refractivity contribution in [1.29, 1.82) is 0 Å². The Bertz CT molecular complexity index is 1030. The molecule has 30 heavy (non-hydrogen) atoms. The molecule has 0 aliphatic carbocycles. The van der Waals surface area contributed by atoms with E-state index in [9.17, 15) is 0 Å². The molecule has 162 valence electrons. The first-order valence-electron chi connectivity index (χ1n) is 9.92. The maximum absolute atomic E-state index is 5.68. The molecule has 0 aliphatic rings. The number of aryl methyl sites for hydroxylation is 3. The molecule has 1 aromatic carbocycles. The predicted molar refractivity (Wildman–Crippen MR) is 117 cm³/mol. The van der Waals surface area contributed by atoms with Crippen LogP contribution in [0.2, 0.25) is 0 Å². The summed E-state index contributed by atoms with van der Waals surface area (Å²) in [6.45, 7) is 9.14. The molecule has 2 heterocycles. The highest BCUT2D eigenvalue weighted by molar-refractivity contribution is 5.98. The Balaban J connectivity index is 2.16. The second-order valence-electron chi connectivity index (χ2n) is 6.94. The van der Waals surface area contributed by atoms with Crippen LogP contribution < -0.4 is 14.8 Å². The number of anilines is 1. The molecule has 0 saturated heterocycles. The monoisotopic (exact) mass is 414 g/mol. The zero-order valence-electron chi connectivity index (χ0n) is 18.7. The van der Waals surface area contributed by atoms with E-state index in [0.29, 0.717) is 19.0 Å². The highest BCUT2D eigenvalue weighted by Crippen LogP contribution is 2.37. The SMILES string of the molecule is CCOc1ccc(-n2c(C)c3c(C)nnc(NCC(OC)OC)c3c2C)c(OC)c1. The summed E-state index contributed by atoms with van der Waals surface area (Å²) in [6, 6.07) is 5.87. The van der Waals surface area contributed by atoms with Crippen LogP contribution in [-0.4, -0.2) is 55.5 Å². The van der Waals surface area contributed by atoms with Gasteiger partial charge in [-0.1, -0.05) is 0 Å². The molecule has 0 atom stereocenters. The first-order valence-corrected chi connectivity index (χ1v) is 9.92. The van der Waals surface area contributed by atoms with Gasteiger partial charge in [-0.2, -0.15) is 5.10 Å². The molecule has 1 N–H and O–H groups in total. The summed E-state index contributed by atoms with van der Waals surface area (Å²) in [5.74, 6) is 2.20. The standard InChI is InChI=1S/C22H30N4O4/c1-8-30-16-9-10-17(18(11-16)27-5)26-14(3)20-13(2)24-25-22(21(20)15(26)4)23-12-19(28-6)29-7/h9-11,19H,8,12H2,1-7H3,(H,23,25). The molecule has 8 nitrogen and oxygen atoms in total. The van der Waals surface area contributed by atoms with Crippen LogP contribution in [-0.2, 0) is 9.47 Å². The van der Waals surface area contributed by atoms with E-state index >= 15 is 0 Å². The van der Waals surface area contributed by atoms with Crippen LogP contribution in [0.4, 0.5) is 5.82 Å². The van der Waals surface area contributed by atoms with Crippen LogP contribution in [0.25, 0.3) is 16.5 Å². The lowest BCUT2D eigenvalue weighted by atomic mass is 10.1. The number of aromatic nitrogens is 3. The molecule has 0 radical (unpaired) electrons. The van der Waals surface area contributed by atoms with Crippen molar-refractivity contribution in [2.24, 2.45) is 0 Å². The lowest BCUT2D eigenvalue weighted by Crippen LogP contribution is -2.24.